The van der Waals surface area contributed by atoms with Crippen LogP contribution in [0, 0.1) is 10.1 Å². The van der Waals surface area contributed by atoms with Gasteiger partial charge in [0.25, 0.3) is 5.69 Å². The molecule has 1 aromatic carbocycles. The average molecular weight is 332 g/mol. The smallest absolute Gasteiger partial charge is 0.321 e. The van der Waals surface area contributed by atoms with Crippen LogP contribution in [0.3, 0.4) is 0 Å². The minimum atomic E-state index is -0.542. The number of hydrogen-bond donors (Lipinski definition) is 2. The van der Waals surface area contributed by atoms with E-state index in [0.29, 0.717) is 10.2 Å². The lowest BCUT2D eigenvalue weighted by Gasteiger charge is -2.23. The Bertz CT molecular complexity index is 495. The van der Waals surface area contributed by atoms with Crippen LogP contribution < -0.4 is 5.32 Å². The van der Waals surface area contributed by atoms with Gasteiger partial charge < -0.3 is 15.3 Å². The van der Waals surface area contributed by atoms with Crippen molar-refractivity contribution in [2.75, 3.05) is 19.0 Å². The second-order valence-corrected chi connectivity index (χ2v) is 4.85. The van der Waals surface area contributed by atoms with Crippen molar-refractivity contribution in [3.05, 3.63) is 32.8 Å². The van der Waals surface area contributed by atoms with Crippen LogP contribution >= 0.6 is 15.9 Å². The highest BCUT2D eigenvalue weighted by Crippen LogP contribution is 2.27. The van der Waals surface area contributed by atoms with Crippen molar-refractivity contribution < 1.29 is 14.8 Å². The normalized spacial score (nSPS) is 11.8. The molecule has 0 radical (unpaired) electrons. The Kier molecular flexibility index (Phi) is 5.25. The standard InChI is InChI=1S/C11H14BrN3O4/c1-7(6-16)14(2)11(17)13-8-3-4-9(12)10(5-8)15(18)19/h3-5,7,16H,6H2,1-2H3,(H,13,17)/t7-/m0/s1. The zero-order chi connectivity index (χ0) is 14.6. The number of carbonyl (C=O) groups is 1. The first-order valence-corrected chi connectivity index (χ1v) is 6.24. The van der Waals surface area contributed by atoms with Gasteiger partial charge in [0.05, 0.1) is 22.0 Å². The van der Waals surface area contributed by atoms with Gasteiger partial charge in [-0.2, -0.15) is 0 Å². The quantitative estimate of drug-likeness (QED) is 0.653. The molecule has 8 heteroatoms. The van der Waals surface area contributed by atoms with Crippen LogP contribution in [0.4, 0.5) is 16.2 Å². The van der Waals surface area contributed by atoms with Gasteiger partial charge in [-0.15, -0.1) is 0 Å². The molecular weight excluding hydrogens is 318 g/mol. The summed E-state index contributed by atoms with van der Waals surface area (Å²) < 4.78 is 0.340. The number of nitrogens with zero attached hydrogens (tertiary/aromatic N) is 2. The number of nitro groups is 1. The molecule has 0 saturated carbocycles. The van der Waals surface area contributed by atoms with E-state index in [1.165, 1.54) is 24.1 Å². The minimum Gasteiger partial charge on any atom is -0.394 e. The molecule has 0 unspecified atom stereocenters. The molecule has 0 fully saturated rings. The maximum absolute atomic E-state index is 11.8. The van der Waals surface area contributed by atoms with Gasteiger partial charge in [0.1, 0.15) is 0 Å². The molecule has 2 amide bonds. The van der Waals surface area contributed by atoms with Gasteiger partial charge in [0.2, 0.25) is 0 Å². The molecular formula is C11H14BrN3O4. The van der Waals surface area contributed by atoms with E-state index in [-0.39, 0.29) is 18.3 Å². The van der Waals surface area contributed by atoms with Crippen molar-refractivity contribution in [1.29, 1.82) is 0 Å². The molecule has 1 rings (SSSR count). The van der Waals surface area contributed by atoms with Crippen LogP contribution in [-0.4, -0.2) is 40.7 Å². The first-order valence-electron chi connectivity index (χ1n) is 5.45. The predicted octanol–water partition coefficient (Wildman–Crippen LogP) is 2.20. The van der Waals surface area contributed by atoms with E-state index in [9.17, 15) is 14.9 Å². The monoisotopic (exact) mass is 331 g/mol. The number of benzene rings is 1. The van der Waals surface area contributed by atoms with Gasteiger partial charge in [0.15, 0.2) is 0 Å². The number of carbonyl (C=O) groups excluding carboxylic acids is 1. The van der Waals surface area contributed by atoms with Gasteiger partial charge in [-0.1, -0.05) is 0 Å². The summed E-state index contributed by atoms with van der Waals surface area (Å²) in [6.07, 6.45) is 0. The van der Waals surface area contributed by atoms with Gasteiger partial charge in [-0.25, -0.2) is 4.79 Å². The molecule has 0 spiro atoms. The molecule has 104 valence electrons. The zero-order valence-corrected chi connectivity index (χ0v) is 12.0. The Labute approximate surface area is 118 Å². The number of aliphatic hydroxyl groups is 1. The van der Waals surface area contributed by atoms with Crippen molar-refractivity contribution in [2.24, 2.45) is 0 Å². The number of nitro benzene ring substituents is 1. The fourth-order valence-electron chi connectivity index (χ4n) is 1.26. The lowest BCUT2D eigenvalue weighted by Crippen LogP contribution is -2.40. The van der Waals surface area contributed by atoms with Crippen molar-refractivity contribution in [3.8, 4) is 0 Å². The van der Waals surface area contributed by atoms with Gasteiger partial charge in [-0.05, 0) is 35.0 Å². The summed E-state index contributed by atoms with van der Waals surface area (Å²) >= 11 is 3.06. The summed E-state index contributed by atoms with van der Waals surface area (Å²) in [5.74, 6) is 0. The fourth-order valence-corrected chi connectivity index (χ4v) is 1.66. The Morgan fingerprint density at radius 1 is 1.63 bits per heavy atom. The largest absolute Gasteiger partial charge is 0.394 e. The molecule has 19 heavy (non-hydrogen) atoms. The summed E-state index contributed by atoms with van der Waals surface area (Å²) in [6, 6.07) is 3.51. The topological polar surface area (TPSA) is 95.7 Å². The van der Waals surface area contributed by atoms with E-state index >= 15 is 0 Å². The Hall–Kier alpha value is -1.67. The Morgan fingerprint density at radius 3 is 2.79 bits per heavy atom. The maximum Gasteiger partial charge on any atom is 0.321 e. The number of aliphatic hydroxyl groups excluding tert-OH is 1. The molecule has 1 atom stereocenters. The number of urea groups is 1. The lowest BCUT2D eigenvalue weighted by molar-refractivity contribution is -0.385. The maximum atomic E-state index is 11.8. The van der Waals surface area contributed by atoms with Crippen molar-refractivity contribution >= 4 is 33.3 Å². The zero-order valence-electron chi connectivity index (χ0n) is 10.5. The second kappa shape index (κ2) is 6.48. The molecule has 0 saturated heterocycles. The van der Waals surface area contributed by atoms with E-state index in [0.717, 1.165) is 0 Å². The van der Waals surface area contributed by atoms with E-state index in [1.807, 2.05) is 0 Å². The van der Waals surface area contributed by atoms with Crippen LogP contribution in [-0.2, 0) is 0 Å². The van der Waals surface area contributed by atoms with Crippen LogP contribution in [0.1, 0.15) is 6.92 Å². The van der Waals surface area contributed by atoms with Crippen molar-refractivity contribution in [3.63, 3.8) is 0 Å². The number of nitrogens with one attached hydrogen (secondary N) is 1. The molecule has 0 bridgehead atoms. The van der Waals surface area contributed by atoms with Crippen molar-refractivity contribution in [1.82, 2.24) is 4.90 Å². The fraction of sp³-hybridized carbons (Fsp3) is 0.364. The van der Waals surface area contributed by atoms with Crippen LogP contribution in [0.2, 0.25) is 0 Å². The molecule has 0 aliphatic carbocycles. The lowest BCUT2D eigenvalue weighted by atomic mass is 10.3. The number of halogens is 1. The van der Waals surface area contributed by atoms with Crippen molar-refractivity contribution in [2.45, 2.75) is 13.0 Å². The van der Waals surface area contributed by atoms with E-state index in [1.54, 1.807) is 13.0 Å². The first kappa shape index (κ1) is 15.4. The van der Waals surface area contributed by atoms with E-state index in [2.05, 4.69) is 21.2 Å². The molecule has 0 heterocycles. The molecule has 0 aromatic heterocycles. The second-order valence-electron chi connectivity index (χ2n) is 4.00. The number of rotatable bonds is 4. The van der Waals surface area contributed by atoms with E-state index < -0.39 is 11.0 Å². The van der Waals surface area contributed by atoms with Gasteiger partial charge in [0, 0.05) is 18.8 Å². The summed E-state index contributed by atoms with van der Waals surface area (Å²) in [4.78, 5) is 23.3. The predicted molar refractivity (Wildman–Crippen MR) is 74.1 cm³/mol. The first-order chi connectivity index (χ1) is 8.86. The molecule has 7 nitrogen and oxygen atoms in total. The van der Waals surface area contributed by atoms with Gasteiger partial charge >= 0.3 is 6.03 Å². The number of anilines is 1. The van der Waals surface area contributed by atoms with Crippen LogP contribution in [0.5, 0.6) is 0 Å². The highest BCUT2D eigenvalue weighted by Gasteiger charge is 2.17. The molecule has 2 N–H and O–H groups in total. The molecule has 0 aliphatic rings. The number of amides is 2. The third-order valence-corrected chi connectivity index (χ3v) is 3.31. The average Bonchev–Trinajstić information content (AvgIpc) is 2.38. The Morgan fingerprint density at radius 2 is 2.26 bits per heavy atom. The third kappa shape index (κ3) is 3.90. The minimum absolute atomic E-state index is 0.129. The number of likely N-dealkylation sites (N-methyl/N-ethyl adjacent to an activating group) is 1. The number of hydrogen-bond acceptors (Lipinski definition) is 4. The van der Waals surface area contributed by atoms with E-state index in [4.69, 9.17) is 5.11 Å². The highest BCUT2D eigenvalue weighted by molar-refractivity contribution is 9.10. The highest BCUT2D eigenvalue weighted by atomic mass is 79.9. The van der Waals surface area contributed by atoms with Crippen LogP contribution in [0.15, 0.2) is 22.7 Å². The molecule has 0 aliphatic heterocycles. The summed E-state index contributed by atoms with van der Waals surface area (Å²) in [5.41, 5.74) is 0.188. The summed E-state index contributed by atoms with van der Waals surface area (Å²) in [6.45, 7) is 1.52. The Balaban J connectivity index is 2.86. The third-order valence-electron chi connectivity index (χ3n) is 2.64. The summed E-state index contributed by atoms with van der Waals surface area (Å²) in [7, 11) is 1.53. The van der Waals surface area contributed by atoms with Crippen LogP contribution in [0.25, 0.3) is 0 Å². The SMILES string of the molecule is C[C@@H](CO)N(C)C(=O)Nc1ccc(Br)c([N+](=O)[O-])c1. The van der Waals surface area contributed by atoms with Gasteiger partial charge in [-0.3, -0.25) is 10.1 Å². The molecule has 1 aromatic rings. The summed E-state index contributed by atoms with van der Waals surface area (Å²) in [5, 5.41) is 22.3.